The number of nitrogens with one attached hydrogen (secondary N) is 1. The number of alkyl halides is 1. The van der Waals surface area contributed by atoms with Crippen LogP contribution in [0.15, 0.2) is 0 Å². The number of thiazole rings is 1. The maximum absolute atomic E-state index is 13.5. The third-order valence-electron chi connectivity index (χ3n) is 4.84. The molecule has 2 aromatic heterocycles. The number of hydrogen-bond donors (Lipinski definition) is 1. The largest absolute Gasteiger partial charge is 0.337 e. The topological polar surface area (TPSA) is 74.8 Å². The molecule has 1 aliphatic heterocycles. The van der Waals surface area contributed by atoms with Crippen LogP contribution < -0.4 is 0 Å². The Balaban J connectivity index is 1.54. The zero-order chi connectivity index (χ0) is 16.8. The maximum atomic E-state index is 13.5. The molecule has 4 rings (SSSR count). The molecule has 2 fully saturated rings. The van der Waals surface area contributed by atoms with E-state index < -0.39 is 6.67 Å². The van der Waals surface area contributed by atoms with E-state index in [-0.39, 0.29) is 17.7 Å². The van der Waals surface area contributed by atoms with E-state index in [2.05, 4.69) is 20.2 Å². The number of hydrogen-bond acceptors (Lipinski definition) is 5. The highest BCUT2D eigenvalue weighted by atomic mass is 32.1. The SMILES string of the molecule is Cc1nc(C)c(C(=O)N2C[C@@H](CF)[C@H](c3nc(C4CC4)n[nH]3)C2)s1. The van der Waals surface area contributed by atoms with Gasteiger partial charge in [-0.25, -0.2) is 9.97 Å². The number of aryl methyl sites for hydroxylation is 2. The molecular weight excluding hydrogens is 329 g/mol. The van der Waals surface area contributed by atoms with E-state index in [0.717, 1.165) is 29.4 Å². The van der Waals surface area contributed by atoms with Gasteiger partial charge in [0.1, 0.15) is 10.7 Å². The van der Waals surface area contributed by atoms with Crippen molar-refractivity contribution in [3.8, 4) is 0 Å². The first-order valence-corrected chi connectivity index (χ1v) is 9.10. The van der Waals surface area contributed by atoms with Gasteiger partial charge in [0.05, 0.1) is 17.4 Å². The molecule has 8 heteroatoms. The summed E-state index contributed by atoms with van der Waals surface area (Å²) in [5.74, 6) is 1.60. The number of nitrogens with zero attached hydrogens (tertiary/aromatic N) is 4. The average molecular weight is 349 g/mol. The minimum atomic E-state index is -0.464. The molecule has 1 N–H and O–H groups in total. The van der Waals surface area contributed by atoms with E-state index in [1.54, 1.807) is 4.90 Å². The Morgan fingerprint density at radius 3 is 2.75 bits per heavy atom. The summed E-state index contributed by atoms with van der Waals surface area (Å²) in [5, 5.41) is 8.11. The van der Waals surface area contributed by atoms with Gasteiger partial charge in [0, 0.05) is 30.8 Å². The van der Waals surface area contributed by atoms with Crippen LogP contribution in [0.25, 0.3) is 0 Å². The zero-order valence-electron chi connectivity index (χ0n) is 13.8. The molecule has 1 saturated heterocycles. The third kappa shape index (κ3) is 2.72. The highest BCUT2D eigenvalue weighted by Crippen LogP contribution is 2.39. The Kier molecular flexibility index (Phi) is 3.86. The number of amides is 1. The van der Waals surface area contributed by atoms with Crippen molar-refractivity contribution >= 4 is 17.2 Å². The van der Waals surface area contributed by atoms with Crippen LogP contribution in [0.1, 0.15) is 56.7 Å². The molecule has 6 nitrogen and oxygen atoms in total. The van der Waals surface area contributed by atoms with Crippen LogP contribution >= 0.6 is 11.3 Å². The van der Waals surface area contributed by atoms with Gasteiger partial charge in [-0.05, 0) is 26.7 Å². The molecule has 24 heavy (non-hydrogen) atoms. The average Bonchev–Trinajstić information content (AvgIpc) is 3.00. The predicted molar refractivity (Wildman–Crippen MR) is 88.1 cm³/mol. The molecule has 128 valence electrons. The summed E-state index contributed by atoms with van der Waals surface area (Å²) < 4.78 is 13.5. The van der Waals surface area contributed by atoms with Gasteiger partial charge in [-0.1, -0.05) is 0 Å². The van der Waals surface area contributed by atoms with Crippen molar-refractivity contribution in [3.63, 3.8) is 0 Å². The summed E-state index contributed by atoms with van der Waals surface area (Å²) in [6.45, 7) is 4.16. The Morgan fingerprint density at radius 2 is 2.12 bits per heavy atom. The minimum Gasteiger partial charge on any atom is -0.337 e. The molecular formula is C16H20FN5OS. The second-order valence-electron chi connectivity index (χ2n) is 6.73. The van der Waals surface area contributed by atoms with E-state index in [9.17, 15) is 9.18 Å². The number of aromatic nitrogens is 4. The summed E-state index contributed by atoms with van der Waals surface area (Å²) >= 11 is 1.40. The van der Waals surface area contributed by atoms with Crippen LogP contribution in [0.5, 0.6) is 0 Å². The summed E-state index contributed by atoms with van der Waals surface area (Å²) in [4.78, 5) is 24.0. The molecule has 0 aromatic carbocycles. The Hall–Kier alpha value is -1.83. The Bertz CT molecular complexity index is 768. The van der Waals surface area contributed by atoms with Gasteiger partial charge in [0.25, 0.3) is 5.91 Å². The predicted octanol–water partition coefficient (Wildman–Crippen LogP) is 2.58. The number of rotatable bonds is 4. The fourth-order valence-electron chi connectivity index (χ4n) is 3.35. The number of aromatic amines is 1. The van der Waals surface area contributed by atoms with E-state index in [1.807, 2.05) is 13.8 Å². The molecule has 0 unspecified atom stereocenters. The molecule has 2 aliphatic rings. The fraction of sp³-hybridized carbons (Fsp3) is 0.625. The first-order chi connectivity index (χ1) is 11.6. The van der Waals surface area contributed by atoms with E-state index in [1.165, 1.54) is 11.3 Å². The number of likely N-dealkylation sites (tertiary alicyclic amines) is 1. The summed E-state index contributed by atoms with van der Waals surface area (Å²) in [6, 6.07) is 0. The molecule has 0 radical (unpaired) electrons. The summed E-state index contributed by atoms with van der Waals surface area (Å²) in [5.41, 5.74) is 0.749. The quantitative estimate of drug-likeness (QED) is 0.921. The highest BCUT2D eigenvalue weighted by molar-refractivity contribution is 7.13. The van der Waals surface area contributed by atoms with Gasteiger partial charge in [-0.2, -0.15) is 5.10 Å². The van der Waals surface area contributed by atoms with Crippen molar-refractivity contribution < 1.29 is 9.18 Å². The standard InChI is InChI=1S/C16H20FN5OS/c1-8-13(24-9(2)18-8)16(23)22-6-11(5-17)12(7-22)15-19-14(20-21-15)10-3-4-10/h10-12H,3-7H2,1-2H3,(H,19,20,21)/t11-,12-/m1/s1. The highest BCUT2D eigenvalue weighted by Gasteiger charge is 2.40. The number of halogens is 1. The minimum absolute atomic E-state index is 0.0546. The van der Waals surface area contributed by atoms with Crippen LogP contribution in [-0.2, 0) is 0 Å². The lowest BCUT2D eigenvalue weighted by Crippen LogP contribution is -2.29. The van der Waals surface area contributed by atoms with Crippen LogP contribution in [-0.4, -0.2) is 50.7 Å². The number of carbonyl (C=O) groups is 1. The van der Waals surface area contributed by atoms with Crippen molar-refractivity contribution in [1.82, 2.24) is 25.1 Å². The Labute approximate surface area is 143 Å². The second-order valence-corrected chi connectivity index (χ2v) is 7.93. The van der Waals surface area contributed by atoms with Crippen LogP contribution in [0, 0.1) is 19.8 Å². The van der Waals surface area contributed by atoms with E-state index >= 15 is 0 Å². The Morgan fingerprint density at radius 1 is 1.33 bits per heavy atom. The maximum Gasteiger partial charge on any atom is 0.265 e. The molecule has 1 amide bonds. The molecule has 2 atom stereocenters. The van der Waals surface area contributed by atoms with Gasteiger partial charge < -0.3 is 4.90 Å². The van der Waals surface area contributed by atoms with Gasteiger partial charge >= 0.3 is 0 Å². The normalized spacial score (nSPS) is 23.9. The first-order valence-electron chi connectivity index (χ1n) is 8.28. The smallest absolute Gasteiger partial charge is 0.265 e. The lowest BCUT2D eigenvalue weighted by Gasteiger charge is -2.15. The summed E-state index contributed by atoms with van der Waals surface area (Å²) in [7, 11) is 0. The van der Waals surface area contributed by atoms with Crippen molar-refractivity contribution in [2.75, 3.05) is 19.8 Å². The van der Waals surface area contributed by atoms with Crippen molar-refractivity contribution in [2.45, 2.75) is 38.5 Å². The van der Waals surface area contributed by atoms with Crippen LogP contribution in [0.2, 0.25) is 0 Å². The number of carbonyl (C=O) groups excluding carboxylic acids is 1. The fourth-order valence-corrected chi connectivity index (χ4v) is 4.24. The van der Waals surface area contributed by atoms with Gasteiger partial charge in [0.2, 0.25) is 0 Å². The monoisotopic (exact) mass is 349 g/mol. The number of H-pyrrole nitrogens is 1. The summed E-state index contributed by atoms with van der Waals surface area (Å²) in [6.07, 6.45) is 2.26. The first kappa shape index (κ1) is 15.7. The lowest BCUT2D eigenvalue weighted by molar-refractivity contribution is 0.0788. The van der Waals surface area contributed by atoms with Gasteiger partial charge in [0.15, 0.2) is 5.82 Å². The molecule has 0 spiro atoms. The van der Waals surface area contributed by atoms with E-state index in [4.69, 9.17) is 0 Å². The van der Waals surface area contributed by atoms with Crippen LogP contribution in [0.4, 0.5) is 4.39 Å². The molecule has 3 heterocycles. The van der Waals surface area contributed by atoms with Crippen molar-refractivity contribution in [3.05, 3.63) is 27.2 Å². The molecule has 2 aromatic rings. The molecule has 0 bridgehead atoms. The van der Waals surface area contributed by atoms with Crippen LogP contribution in [0.3, 0.4) is 0 Å². The molecule has 1 aliphatic carbocycles. The van der Waals surface area contributed by atoms with Crippen molar-refractivity contribution in [2.24, 2.45) is 5.92 Å². The van der Waals surface area contributed by atoms with Gasteiger partial charge in [-0.3, -0.25) is 14.3 Å². The zero-order valence-corrected chi connectivity index (χ0v) is 14.6. The third-order valence-corrected chi connectivity index (χ3v) is 5.90. The van der Waals surface area contributed by atoms with Crippen molar-refractivity contribution in [1.29, 1.82) is 0 Å². The lowest BCUT2D eigenvalue weighted by atomic mass is 9.97. The second kappa shape index (κ2) is 5.91. The van der Waals surface area contributed by atoms with E-state index in [0.29, 0.717) is 29.7 Å². The molecule has 1 saturated carbocycles. The van der Waals surface area contributed by atoms with Gasteiger partial charge in [-0.15, -0.1) is 11.3 Å².